The van der Waals surface area contributed by atoms with Gasteiger partial charge >= 0.3 is 12.1 Å². The zero-order valence-corrected chi connectivity index (χ0v) is 19.1. The molecule has 0 fully saturated rings. The van der Waals surface area contributed by atoms with E-state index in [-0.39, 0.29) is 11.9 Å². The third-order valence-corrected chi connectivity index (χ3v) is 6.27. The van der Waals surface area contributed by atoms with Crippen LogP contribution in [0.4, 0.5) is 13.2 Å². The lowest BCUT2D eigenvalue weighted by Crippen LogP contribution is -2.21. The Morgan fingerprint density at radius 3 is 2.80 bits per heavy atom. The first-order valence-corrected chi connectivity index (χ1v) is 11.1. The highest BCUT2D eigenvalue weighted by atomic mass is 35.5. The van der Waals surface area contributed by atoms with Gasteiger partial charge in [0.05, 0.1) is 22.0 Å². The number of imidazole rings is 1. The van der Waals surface area contributed by atoms with Crippen LogP contribution in [0.1, 0.15) is 6.92 Å². The van der Waals surface area contributed by atoms with Gasteiger partial charge in [0.25, 0.3) is 6.01 Å². The summed E-state index contributed by atoms with van der Waals surface area (Å²) in [5, 5.41) is 10.5. The number of halogens is 4. The summed E-state index contributed by atoms with van der Waals surface area (Å²) in [6.07, 6.45) is 2.11. The normalized spacial score (nSPS) is 18.3. The predicted molar refractivity (Wildman–Crippen MR) is 126 cm³/mol. The van der Waals surface area contributed by atoms with E-state index in [1.165, 1.54) is 6.20 Å². The SMILES string of the molecule is CC1C=CC(Oc2nc3cc(-c4ccc5c(ccn5CC(F)(F)F)c4)c(Cl)cc3[nH]2)=CC1C(=O)O. The summed E-state index contributed by atoms with van der Waals surface area (Å²) >= 11 is 6.52. The van der Waals surface area contributed by atoms with Crippen LogP contribution in [0.5, 0.6) is 6.01 Å². The molecule has 180 valence electrons. The van der Waals surface area contributed by atoms with Gasteiger partial charge in [-0.05, 0) is 54.0 Å². The highest BCUT2D eigenvalue weighted by molar-refractivity contribution is 6.34. The molecule has 0 saturated heterocycles. The van der Waals surface area contributed by atoms with Crippen molar-refractivity contribution in [2.45, 2.75) is 19.6 Å². The number of nitrogens with zero attached hydrogens (tertiary/aromatic N) is 2. The summed E-state index contributed by atoms with van der Waals surface area (Å²) < 4.78 is 45.4. The van der Waals surface area contributed by atoms with Crippen molar-refractivity contribution in [2.24, 2.45) is 11.8 Å². The number of nitrogens with one attached hydrogen (secondary N) is 1. The number of aromatic amines is 1. The molecule has 0 amide bonds. The Morgan fingerprint density at radius 1 is 1.26 bits per heavy atom. The number of aromatic nitrogens is 3. The van der Waals surface area contributed by atoms with E-state index in [4.69, 9.17) is 16.3 Å². The molecule has 2 unspecified atom stereocenters. The van der Waals surface area contributed by atoms with Gasteiger partial charge in [-0.2, -0.15) is 18.2 Å². The third-order valence-electron chi connectivity index (χ3n) is 5.95. The van der Waals surface area contributed by atoms with Gasteiger partial charge in [-0.15, -0.1) is 0 Å². The van der Waals surface area contributed by atoms with Crippen LogP contribution in [0.25, 0.3) is 33.1 Å². The summed E-state index contributed by atoms with van der Waals surface area (Å²) in [6.45, 7) is 0.756. The molecule has 0 saturated carbocycles. The third kappa shape index (κ3) is 4.64. The molecule has 0 bridgehead atoms. The number of rotatable bonds is 5. The maximum atomic E-state index is 12.8. The second-order valence-corrected chi connectivity index (χ2v) is 8.88. The number of allylic oxidation sites excluding steroid dienone is 2. The predicted octanol–water partition coefficient (Wildman–Crippen LogP) is 6.57. The number of carbonyl (C=O) groups is 1. The molecule has 35 heavy (non-hydrogen) atoms. The number of aliphatic carboxylic acids is 1. The molecule has 2 aromatic heterocycles. The number of ether oxygens (including phenoxy) is 1. The van der Waals surface area contributed by atoms with Crippen molar-refractivity contribution >= 4 is 39.5 Å². The van der Waals surface area contributed by atoms with Gasteiger partial charge in [-0.3, -0.25) is 4.79 Å². The minimum atomic E-state index is -4.31. The van der Waals surface area contributed by atoms with Gasteiger partial charge in [0.1, 0.15) is 12.3 Å². The summed E-state index contributed by atoms with van der Waals surface area (Å²) in [5.74, 6) is -1.41. The fraction of sp³-hybridized carbons (Fsp3) is 0.200. The number of carboxylic acid groups (broad SMARTS) is 1. The molecule has 0 radical (unpaired) electrons. The van der Waals surface area contributed by atoms with Crippen LogP contribution in [0.2, 0.25) is 5.02 Å². The van der Waals surface area contributed by atoms with E-state index < -0.39 is 24.6 Å². The molecule has 2 heterocycles. The number of H-pyrrole nitrogens is 1. The summed E-state index contributed by atoms with van der Waals surface area (Å²) in [7, 11) is 0. The zero-order chi connectivity index (χ0) is 24.9. The highest BCUT2D eigenvalue weighted by Crippen LogP contribution is 2.35. The number of fused-ring (bicyclic) bond motifs is 2. The molecule has 6 nitrogen and oxygen atoms in total. The molecule has 1 aliphatic carbocycles. The molecule has 0 spiro atoms. The van der Waals surface area contributed by atoms with Crippen LogP contribution in [0.3, 0.4) is 0 Å². The van der Waals surface area contributed by atoms with E-state index in [1.807, 2.05) is 6.92 Å². The topological polar surface area (TPSA) is 80.1 Å². The van der Waals surface area contributed by atoms with Crippen molar-refractivity contribution in [2.75, 3.05) is 0 Å². The van der Waals surface area contributed by atoms with Crippen LogP contribution in [-0.4, -0.2) is 31.8 Å². The van der Waals surface area contributed by atoms with Crippen LogP contribution in [0.15, 0.2) is 66.6 Å². The minimum Gasteiger partial charge on any atom is -0.481 e. The maximum Gasteiger partial charge on any atom is 0.406 e. The van der Waals surface area contributed by atoms with Gasteiger partial charge in [-0.1, -0.05) is 30.7 Å². The molecule has 2 N–H and O–H groups in total. The maximum absolute atomic E-state index is 12.8. The summed E-state index contributed by atoms with van der Waals surface area (Å²) in [4.78, 5) is 18.9. The van der Waals surface area contributed by atoms with Crippen molar-refractivity contribution in [3.05, 3.63) is 71.6 Å². The van der Waals surface area contributed by atoms with E-state index in [9.17, 15) is 23.1 Å². The standard InChI is InChI=1S/C25H19ClF3N3O3/c1-13-2-4-16(9-17(13)23(33)34)35-24-30-20-10-18(19(26)11-21(20)31-24)14-3-5-22-15(8-14)6-7-32(22)12-25(27,28)29/h2-11,13,17H,12H2,1H3,(H,30,31)(H,33,34). The Morgan fingerprint density at radius 2 is 2.06 bits per heavy atom. The minimum absolute atomic E-state index is 0.153. The molecule has 1 aliphatic rings. The molecule has 0 aliphatic heterocycles. The second-order valence-electron chi connectivity index (χ2n) is 8.48. The molecular weight excluding hydrogens is 483 g/mol. The van der Waals surface area contributed by atoms with Crippen molar-refractivity contribution in [1.29, 1.82) is 0 Å². The van der Waals surface area contributed by atoms with Crippen LogP contribution in [-0.2, 0) is 11.3 Å². The number of hydrogen-bond donors (Lipinski definition) is 2. The molecule has 2 atom stereocenters. The molecule has 10 heteroatoms. The number of carboxylic acids is 1. The van der Waals surface area contributed by atoms with Gasteiger partial charge < -0.3 is 19.4 Å². The first-order chi connectivity index (χ1) is 16.6. The summed E-state index contributed by atoms with van der Waals surface area (Å²) in [5.41, 5.74) is 3.06. The van der Waals surface area contributed by atoms with Gasteiger partial charge in [0.15, 0.2) is 0 Å². The molecule has 2 aromatic carbocycles. The van der Waals surface area contributed by atoms with Crippen molar-refractivity contribution in [3.63, 3.8) is 0 Å². The first-order valence-electron chi connectivity index (χ1n) is 10.7. The monoisotopic (exact) mass is 501 g/mol. The smallest absolute Gasteiger partial charge is 0.406 e. The van der Waals surface area contributed by atoms with Crippen molar-refractivity contribution in [1.82, 2.24) is 14.5 Å². The lowest BCUT2D eigenvalue weighted by Gasteiger charge is -2.18. The fourth-order valence-corrected chi connectivity index (χ4v) is 4.47. The average molecular weight is 502 g/mol. The largest absolute Gasteiger partial charge is 0.481 e. The Kier molecular flexibility index (Phi) is 5.59. The van der Waals surface area contributed by atoms with E-state index in [0.29, 0.717) is 38.3 Å². The van der Waals surface area contributed by atoms with Gasteiger partial charge in [0, 0.05) is 22.7 Å². The second kappa shape index (κ2) is 8.49. The first kappa shape index (κ1) is 23.0. The molecular formula is C25H19ClF3N3O3. The Labute approximate surface area is 202 Å². The Bertz CT molecular complexity index is 1520. The van der Waals surface area contributed by atoms with Crippen LogP contribution < -0.4 is 4.74 Å². The van der Waals surface area contributed by atoms with E-state index >= 15 is 0 Å². The Hall–Kier alpha value is -3.72. The lowest BCUT2D eigenvalue weighted by molar-refractivity contribution is -0.141. The lowest BCUT2D eigenvalue weighted by atomic mass is 9.89. The van der Waals surface area contributed by atoms with Gasteiger partial charge in [-0.25, -0.2) is 0 Å². The van der Waals surface area contributed by atoms with E-state index in [0.717, 1.165) is 10.1 Å². The van der Waals surface area contributed by atoms with Crippen LogP contribution in [0, 0.1) is 11.8 Å². The van der Waals surface area contributed by atoms with Crippen molar-refractivity contribution < 1.29 is 27.8 Å². The fourth-order valence-electron chi connectivity index (χ4n) is 4.20. The Balaban J connectivity index is 1.45. The average Bonchev–Trinajstić information content (AvgIpc) is 3.35. The zero-order valence-electron chi connectivity index (χ0n) is 18.3. The summed E-state index contributed by atoms with van der Waals surface area (Å²) in [6, 6.07) is 10.4. The van der Waals surface area contributed by atoms with Gasteiger partial charge in [0.2, 0.25) is 0 Å². The number of hydrogen-bond acceptors (Lipinski definition) is 3. The van der Waals surface area contributed by atoms with E-state index in [1.54, 1.807) is 54.6 Å². The number of benzene rings is 2. The van der Waals surface area contributed by atoms with Crippen LogP contribution >= 0.6 is 11.6 Å². The molecule has 4 aromatic rings. The highest BCUT2D eigenvalue weighted by Gasteiger charge is 2.28. The van der Waals surface area contributed by atoms with Crippen molar-refractivity contribution in [3.8, 4) is 17.1 Å². The molecule has 5 rings (SSSR count). The quantitative estimate of drug-likeness (QED) is 0.324. The van der Waals surface area contributed by atoms with E-state index in [2.05, 4.69) is 9.97 Å². The number of alkyl halides is 3.